The molecule has 5 heteroatoms. The molecule has 0 fully saturated rings. The van der Waals surface area contributed by atoms with Crippen molar-refractivity contribution in [2.75, 3.05) is 0 Å². The Morgan fingerprint density at radius 2 is 2.58 bits per heavy atom. The zero-order valence-corrected chi connectivity index (χ0v) is 6.74. The Labute approximate surface area is 69.6 Å². The first kappa shape index (κ1) is 8.73. The molecule has 0 spiro atoms. The number of carbonyl (C=O) groups is 1. The summed E-state index contributed by atoms with van der Waals surface area (Å²) in [5.74, 6) is -0.238. The number of nitrogens with zero attached hydrogens (tertiary/aromatic N) is 1. The Hall–Kier alpha value is -1.36. The van der Waals surface area contributed by atoms with Gasteiger partial charge in [0.1, 0.15) is 11.9 Å². The number of carboxylic acid groups (broad SMARTS) is 1. The molecule has 1 aromatic rings. The molecule has 0 aliphatic heterocycles. The highest BCUT2D eigenvalue weighted by molar-refractivity contribution is 5.73. The van der Waals surface area contributed by atoms with Crippen molar-refractivity contribution in [2.45, 2.75) is 19.4 Å². The lowest BCUT2D eigenvalue weighted by atomic mass is 10.2. The Bertz CT molecular complexity index is 282. The molecular weight excluding hydrogens is 158 g/mol. The second kappa shape index (κ2) is 3.36. The van der Waals surface area contributed by atoms with E-state index in [1.54, 1.807) is 13.1 Å². The maximum absolute atomic E-state index is 10.3. The van der Waals surface area contributed by atoms with Crippen molar-refractivity contribution in [3.05, 3.63) is 17.7 Å². The molecule has 0 saturated carbocycles. The van der Waals surface area contributed by atoms with Crippen molar-refractivity contribution in [3.63, 3.8) is 0 Å². The summed E-state index contributed by atoms with van der Waals surface area (Å²) in [4.78, 5) is 17.2. The topological polar surface area (TPSA) is 92.0 Å². The van der Waals surface area contributed by atoms with E-state index in [0.29, 0.717) is 5.69 Å². The third kappa shape index (κ3) is 2.06. The van der Waals surface area contributed by atoms with Crippen LogP contribution in [0.2, 0.25) is 0 Å². The fourth-order valence-corrected chi connectivity index (χ4v) is 0.885. The molecular formula is C7H11N3O2. The van der Waals surface area contributed by atoms with E-state index in [4.69, 9.17) is 10.8 Å². The standard InChI is InChI=1S/C7H11N3O2/c1-4-9-3-5(10-4)2-6(8)7(11)12/h3,6H,2,8H2,1H3,(H,9,10)(H,11,12)/t6-/m0/s1. The SMILES string of the molecule is Cc1nc(C[C@H](N)C(=O)O)c[nH]1. The molecule has 1 rings (SSSR count). The predicted molar refractivity (Wildman–Crippen MR) is 42.6 cm³/mol. The van der Waals surface area contributed by atoms with Gasteiger partial charge in [0.2, 0.25) is 0 Å². The Balaban J connectivity index is 2.58. The number of rotatable bonds is 3. The van der Waals surface area contributed by atoms with Gasteiger partial charge in [-0.3, -0.25) is 4.79 Å². The summed E-state index contributed by atoms with van der Waals surface area (Å²) in [6.45, 7) is 1.80. The van der Waals surface area contributed by atoms with Gasteiger partial charge in [-0.2, -0.15) is 0 Å². The van der Waals surface area contributed by atoms with Crippen LogP contribution in [0.4, 0.5) is 0 Å². The van der Waals surface area contributed by atoms with Gasteiger partial charge in [0, 0.05) is 12.6 Å². The first-order valence-electron chi connectivity index (χ1n) is 3.59. The van der Waals surface area contributed by atoms with E-state index in [0.717, 1.165) is 5.82 Å². The number of aromatic amines is 1. The van der Waals surface area contributed by atoms with E-state index < -0.39 is 12.0 Å². The van der Waals surface area contributed by atoms with Crippen LogP contribution in [0.15, 0.2) is 6.20 Å². The summed E-state index contributed by atoms with van der Waals surface area (Å²) in [6.07, 6.45) is 1.93. The molecule has 0 saturated heterocycles. The van der Waals surface area contributed by atoms with Gasteiger partial charge in [0.05, 0.1) is 5.69 Å². The van der Waals surface area contributed by atoms with E-state index in [1.165, 1.54) is 0 Å². The lowest BCUT2D eigenvalue weighted by molar-refractivity contribution is -0.138. The molecule has 0 bridgehead atoms. The average molecular weight is 169 g/mol. The number of H-pyrrole nitrogens is 1. The molecule has 0 radical (unpaired) electrons. The molecule has 66 valence electrons. The van der Waals surface area contributed by atoms with Gasteiger partial charge < -0.3 is 15.8 Å². The largest absolute Gasteiger partial charge is 0.480 e. The second-order valence-electron chi connectivity index (χ2n) is 2.63. The van der Waals surface area contributed by atoms with Crippen molar-refractivity contribution < 1.29 is 9.90 Å². The van der Waals surface area contributed by atoms with Crippen molar-refractivity contribution >= 4 is 5.97 Å². The molecule has 5 nitrogen and oxygen atoms in total. The third-order valence-corrected chi connectivity index (χ3v) is 1.51. The second-order valence-corrected chi connectivity index (χ2v) is 2.63. The van der Waals surface area contributed by atoms with Crippen molar-refractivity contribution in [1.29, 1.82) is 0 Å². The number of aliphatic carboxylic acids is 1. The van der Waals surface area contributed by atoms with Gasteiger partial charge in [0.25, 0.3) is 0 Å². The van der Waals surface area contributed by atoms with Crippen molar-refractivity contribution in [3.8, 4) is 0 Å². The summed E-state index contributed by atoms with van der Waals surface area (Å²) in [6, 6.07) is -0.868. The van der Waals surface area contributed by atoms with Gasteiger partial charge in [-0.05, 0) is 6.92 Å². The van der Waals surface area contributed by atoms with Crippen LogP contribution in [0.1, 0.15) is 11.5 Å². The Kier molecular flexibility index (Phi) is 2.44. The van der Waals surface area contributed by atoms with Crippen LogP contribution in [-0.2, 0) is 11.2 Å². The minimum Gasteiger partial charge on any atom is -0.480 e. The van der Waals surface area contributed by atoms with E-state index in [-0.39, 0.29) is 6.42 Å². The fourth-order valence-electron chi connectivity index (χ4n) is 0.885. The van der Waals surface area contributed by atoms with Gasteiger partial charge in [-0.15, -0.1) is 0 Å². The zero-order chi connectivity index (χ0) is 9.14. The average Bonchev–Trinajstić information content (AvgIpc) is 2.35. The fraction of sp³-hybridized carbons (Fsp3) is 0.429. The number of carboxylic acids is 1. The van der Waals surface area contributed by atoms with Crippen LogP contribution in [-0.4, -0.2) is 27.1 Å². The number of aryl methyl sites for hydroxylation is 1. The smallest absolute Gasteiger partial charge is 0.320 e. The lowest BCUT2D eigenvalue weighted by Crippen LogP contribution is -2.32. The van der Waals surface area contributed by atoms with Crippen LogP contribution in [0.5, 0.6) is 0 Å². The minimum atomic E-state index is -1.00. The Morgan fingerprint density at radius 3 is 3.00 bits per heavy atom. The zero-order valence-electron chi connectivity index (χ0n) is 6.74. The lowest BCUT2D eigenvalue weighted by Gasteiger charge is -2.01. The number of nitrogens with two attached hydrogens (primary N) is 1. The van der Waals surface area contributed by atoms with Crippen molar-refractivity contribution in [2.24, 2.45) is 5.73 Å². The monoisotopic (exact) mass is 169 g/mol. The number of aromatic nitrogens is 2. The summed E-state index contributed by atoms with van der Waals surface area (Å²) < 4.78 is 0. The van der Waals surface area contributed by atoms with Crippen LogP contribution >= 0.6 is 0 Å². The quantitative estimate of drug-likeness (QED) is 0.577. The molecule has 1 heterocycles. The Morgan fingerprint density at radius 1 is 1.92 bits per heavy atom. The van der Waals surface area contributed by atoms with E-state index >= 15 is 0 Å². The summed E-state index contributed by atoms with van der Waals surface area (Å²) in [5.41, 5.74) is 5.99. The van der Waals surface area contributed by atoms with Gasteiger partial charge in [-0.25, -0.2) is 4.98 Å². The van der Waals surface area contributed by atoms with Crippen LogP contribution < -0.4 is 5.73 Å². The normalized spacial score (nSPS) is 12.8. The third-order valence-electron chi connectivity index (χ3n) is 1.51. The van der Waals surface area contributed by atoms with Gasteiger partial charge in [-0.1, -0.05) is 0 Å². The molecule has 0 amide bonds. The van der Waals surface area contributed by atoms with Gasteiger partial charge in [0.15, 0.2) is 0 Å². The number of hydrogen-bond acceptors (Lipinski definition) is 3. The first-order valence-corrected chi connectivity index (χ1v) is 3.59. The highest BCUT2D eigenvalue weighted by Gasteiger charge is 2.13. The van der Waals surface area contributed by atoms with Crippen LogP contribution in [0.25, 0.3) is 0 Å². The van der Waals surface area contributed by atoms with E-state index in [1.807, 2.05) is 0 Å². The molecule has 0 aliphatic rings. The maximum Gasteiger partial charge on any atom is 0.320 e. The maximum atomic E-state index is 10.3. The summed E-state index contributed by atoms with van der Waals surface area (Å²) >= 11 is 0. The molecule has 1 atom stereocenters. The number of imidazole rings is 1. The van der Waals surface area contributed by atoms with E-state index in [2.05, 4.69) is 9.97 Å². The first-order chi connectivity index (χ1) is 5.59. The van der Waals surface area contributed by atoms with E-state index in [9.17, 15) is 4.79 Å². The molecule has 0 aromatic carbocycles. The van der Waals surface area contributed by atoms with Crippen LogP contribution in [0, 0.1) is 6.92 Å². The van der Waals surface area contributed by atoms with Gasteiger partial charge >= 0.3 is 5.97 Å². The number of nitrogens with one attached hydrogen (secondary N) is 1. The highest BCUT2D eigenvalue weighted by Crippen LogP contribution is 1.98. The molecule has 4 N–H and O–H groups in total. The summed E-state index contributed by atoms with van der Waals surface area (Å²) in [7, 11) is 0. The highest BCUT2D eigenvalue weighted by atomic mass is 16.4. The van der Waals surface area contributed by atoms with Crippen molar-refractivity contribution in [1.82, 2.24) is 9.97 Å². The molecule has 0 unspecified atom stereocenters. The van der Waals surface area contributed by atoms with Crippen LogP contribution in [0.3, 0.4) is 0 Å². The minimum absolute atomic E-state index is 0.264. The number of hydrogen-bond donors (Lipinski definition) is 3. The molecule has 1 aromatic heterocycles. The molecule has 0 aliphatic carbocycles. The predicted octanol–water partition coefficient (Wildman–Crippen LogP) is -0.327. The molecule has 12 heavy (non-hydrogen) atoms. The summed E-state index contributed by atoms with van der Waals surface area (Å²) in [5, 5.41) is 8.49.